The van der Waals surface area contributed by atoms with Crippen LogP contribution in [0.15, 0.2) is 359 Å². The summed E-state index contributed by atoms with van der Waals surface area (Å²) in [5.41, 5.74) is 26.6. The summed E-state index contributed by atoms with van der Waals surface area (Å²) in [6.45, 7) is 0. The summed E-state index contributed by atoms with van der Waals surface area (Å²) in [5.74, 6) is 0.622. The molecule has 8 heteroatoms. The molecule has 7 aromatic heterocycles. The number of nitrogens with zero attached hydrogens (tertiary/aromatic N) is 5. The molecule has 0 atom stereocenters. The molecule has 0 saturated heterocycles. The number of aromatic nitrogens is 5. The van der Waals surface area contributed by atoms with Gasteiger partial charge in [-0.3, -0.25) is 0 Å². The smallest absolute Gasteiger partial charge is 0.160 e. The van der Waals surface area contributed by atoms with Crippen molar-refractivity contribution in [1.82, 2.24) is 23.7 Å². The Hall–Kier alpha value is -14.3. The summed E-state index contributed by atoms with van der Waals surface area (Å²) in [7, 11) is 0. The molecule has 0 unspecified atom stereocenters. The first-order valence-corrected chi connectivity index (χ1v) is 36.0. The van der Waals surface area contributed by atoms with E-state index in [1.165, 1.54) is 32.3 Å². The van der Waals surface area contributed by atoms with Crippen LogP contribution in [0.3, 0.4) is 0 Å². The fraction of sp³-hybridized carbons (Fsp3) is 0. The van der Waals surface area contributed by atoms with Gasteiger partial charge in [-0.15, -0.1) is 0 Å². The van der Waals surface area contributed by atoms with E-state index in [4.69, 9.17) is 23.2 Å². The Balaban J connectivity index is 0.649. The Morgan fingerprint density at radius 3 is 0.934 bits per heavy atom. The summed E-state index contributed by atoms with van der Waals surface area (Å²) in [6.07, 6.45) is 0. The van der Waals surface area contributed by atoms with Crippen LogP contribution in [0, 0.1) is 0 Å². The lowest BCUT2D eigenvalue weighted by Crippen LogP contribution is -1.99. The van der Waals surface area contributed by atoms with Crippen molar-refractivity contribution in [3.05, 3.63) is 346 Å². The number of fused-ring (bicyclic) bond motifs is 19. The van der Waals surface area contributed by atoms with Gasteiger partial charge in [-0.2, -0.15) is 0 Å². The second-order valence-corrected chi connectivity index (χ2v) is 28.0. The molecule has 7 heterocycles. The van der Waals surface area contributed by atoms with Crippen molar-refractivity contribution < 1.29 is 13.3 Å². The molecule has 0 radical (unpaired) electrons. The minimum Gasteiger partial charge on any atom is -0.456 e. The van der Waals surface area contributed by atoms with E-state index < -0.39 is 0 Å². The number of furan rings is 3. The molecule has 23 rings (SSSR count). The van der Waals surface area contributed by atoms with Gasteiger partial charge in [-0.1, -0.05) is 188 Å². The monoisotopic (exact) mass is 1350 g/mol. The van der Waals surface area contributed by atoms with Gasteiger partial charge in [0.1, 0.15) is 33.5 Å². The molecule has 23 aromatic rings. The number of para-hydroxylation sites is 6. The maximum absolute atomic E-state index is 6.25. The van der Waals surface area contributed by atoms with Gasteiger partial charge >= 0.3 is 0 Å². The van der Waals surface area contributed by atoms with Gasteiger partial charge in [-0.25, -0.2) is 9.97 Å². The highest BCUT2D eigenvalue weighted by atomic mass is 16.3. The van der Waals surface area contributed by atoms with Crippen molar-refractivity contribution in [2.45, 2.75) is 0 Å². The average molecular weight is 1350 g/mol. The molecule has 8 nitrogen and oxygen atoms in total. The highest BCUT2D eigenvalue weighted by molar-refractivity contribution is 6.15. The van der Waals surface area contributed by atoms with Gasteiger partial charge < -0.3 is 27.0 Å². The highest BCUT2D eigenvalue weighted by Gasteiger charge is 2.22. The van der Waals surface area contributed by atoms with Crippen LogP contribution in [0.5, 0.6) is 0 Å². The van der Waals surface area contributed by atoms with Crippen molar-refractivity contribution in [1.29, 1.82) is 0 Å². The van der Waals surface area contributed by atoms with Gasteiger partial charge in [0.05, 0.1) is 44.5 Å². The molecular weight excluding hydrogens is 1300 g/mol. The molecule has 492 valence electrons. The molecule has 0 saturated carbocycles. The molecule has 0 fully saturated rings. The van der Waals surface area contributed by atoms with E-state index in [9.17, 15) is 0 Å². The predicted molar refractivity (Wildman–Crippen MR) is 437 cm³/mol. The molecule has 0 aliphatic heterocycles. The first-order chi connectivity index (χ1) is 52.5. The van der Waals surface area contributed by atoms with Gasteiger partial charge in [0.2, 0.25) is 0 Å². The third-order valence-electron chi connectivity index (χ3n) is 22.0. The van der Waals surface area contributed by atoms with Gasteiger partial charge in [-0.05, 0) is 202 Å². The fourth-order valence-corrected chi connectivity index (χ4v) is 17.0. The number of hydrogen-bond donors (Lipinski definition) is 0. The molecule has 16 aromatic carbocycles. The Morgan fingerprint density at radius 1 is 0.179 bits per heavy atom. The summed E-state index contributed by atoms with van der Waals surface area (Å²) in [4.78, 5) is 11.2. The SMILES string of the molecule is c1cc(-c2cc(-c3ccc4cc(-n5c6ccccc6c6cc(-c7ccc8oc9ccccc9c8c7)ccc65)ccc4c3)nc(-c3cccc(-n4c5ccccc5c5cc(-c6ccc7oc8ccccc8c7c6)ccc54)c3)n2)cc(-n2c3ccccc3c3cc(-c4ccc5oc6ccccc6c5c4)ccc32)c1. The Kier molecular flexibility index (Phi) is 12.4. The maximum atomic E-state index is 6.25. The third-order valence-corrected chi connectivity index (χ3v) is 22.0. The van der Waals surface area contributed by atoms with E-state index in [-0.39, 0.29) is 0 Å². The third kappa shape index (κ3) is 9.01. The quantitative estimate of drug-likeness (QED) is 0.144. The Bertz CT molecular complexity index is 7390. The number of hydrogen-bond acceptors (Lipinski definition) is 5. The molecule has 0 spiro atoms. The molecular formula is C98H57N5O3. The molecule has 0 bridgehead atoms. The van der Waals surface area contributed by atoms with E-state index in [1.54, 1.807) is 0 Å². The Morgan fingerprint density at radius 2 is 0.491 bits per heavy atom. The molecule has 0 aliphatic rings. The lowest BCUT2D eigenvalue weighted by Gasteiger charge is -2.14. The minimum atomic E-state index is 0.622. The average Bonchev–Trinajstić information content (AvgIpc) is 1.58. The number of benzene rings is 16. The molecule has 0 amide bonds. The lowest BCUT2D eigenvalue weighted by molar-refractivity contribution is 0.668. The second kappa shape index (κ2) is 22.6. The van der Waals surface area contributed by atoms with Crippen LogP contribution in [-0.4, -0.2) is 23.7 Å². The van der Waals surface area contributed by atoms with Gasteiger partial charge in [0, 0.05) is 98.4 Å². The summed E-state index contributed by atoms with van der Waals surface area (Å²) in [5, 5.41) is 16.0. The van der Waals surface area contributed by atoms with E-state index in [0.29, 0.717) is 5.82 Å². The number of rotatable bonds is 9. The van der Waals surface area contributed by atoms with Crippen molar-refractivity contribution in [2.24, 2.45) is 0 Å². The molecule has 0 N–H and O–H groups in total. The van der Waals surface area contributed by atoms with Crippen LogP contribution in [0.2, 0.25) is 0 Å². The van der Waals surface area contributed by atoms with Crippen LogP contribution in [0.1, 0.15) is 0 Å². The highest BCUT2D eigenvalue weighted by Crippen LogP contribution is 2.44. The zero-order valence-electron chi connectivity index (χ0n) is 56.9. The van der Waals surface area contributed by atoms with E-state index >= 15 is 0 Å². The van der Waals surface area contributed by atoms with Crippen LogP contribution in [0.4, 0.5) is 0 Å². The van der Waals surface area contributed by atoms with Crippen molar-refractivity contribution in [2.75, 3.05) is 0 Å². The molecule has 106 heavy (non-hydrogen) atoms. The van der Waals surface area contributed by atoms with E-state index in [2.05, 4.69) is 323 Å². The second-order valence-electron chi connectivity index (χ2n) is 28.0. The van der Waals surface area contributed by atoms with E-state index in [1.807, 2.05) is 36.4 Å². The van der Waals surface area contributed by atoms with Gasteiger partial charge in [0.25, 0.3) is 0 Å². The zero-order chi connectivity index (χ0) is 69.2. The minimum absolute atomic E-state index is 0.622. The van der Waals surface area contributed by atoms with Gasteiger partial charge in [0.15, 0.2) is 5.82 Å². The van der Waals surface area contributed by atoms with Crippen molar-refractivity contribution in [3.8, 4) is 84.3 Å². The fourth-order valence-electron chi connectivity index (χ4n) is 17.0. The van der Waals surface area contributed by atoms with Crippen LogP contribution < -0.4 is 0 Å². The van der Waals surface area contributed by atoms with Crippen LogP contribution in [-0.2, 0) is 0 Å². The van der Waals surface area contributed by atoms with Crippen molar-refractivity contribution >= 4 is 142 Å². The summed E-state index contributed by atoms with van der Waals surface area (Å²) < 4.78 is 25.9. The zero-order valence-corrected chi connectivity index (χ0v) is 56.9. The lowest BCUT2D eigenvalue weighted by atomic mass is 10.0. The first kappa shape index (κ1) is 58.3. The molecule has 0 aliphatic carbocycles. The normalized spacial score (nSPS) is 12.2. The Labute approximate surface area is 605 Å². The van der Waals surface area contributed by atoms with E-state index in [0.717, 1.165) is 188 Å². The van der Waals surface area contributed by atoms with Crippen LogP contribution in [0.25, 0.3) is 226 Å². The van der Waals surface area contributed by atoms with Crippen molar-refractivity contribution in [3.63, 3.8) is 0 Å². The summed E-state index contributed by atoms with van der Waals surface area (Å²) >= 11 is 0. The topological polar surface area (TPSA) is 80.0 Å². The largest absolute Gasteiger partial charge is 0.456 e. The maximum Gasteiger partial charge on any atom is 0.160 e. The van der Waals surface area contributed by atoms with Crippen LogP contribution >= 0.6 is 0 Å². The first-order valence-electron chi connectivity index (χ1n) is 36.0. The standard InChI is InChI=1S/C98H57N5O3/c1-7-25-86-72(19-1)78-51-60(63-37-44-95-81(54-63)75-22-4-10-28-92(75)104-95)34-41-89(78)101(86)69-17-13-15-66(49-69)84-57-85(100-98(99-84)68-16-14-18-70(50-68)102-87-26-8-2-20-73(87)79-52-61(35-42-90(79)102)64-38-45-96-82(55-64)76-23-5-11-29-93(76)105-96)67-32-31-59-48-71(40-33-58(59)47-67)103-88-27-9-3-21-74(88)80-53-62(36-43-91(80)103)65-39-46-97-83(56-65)77-24-6-12-30-94(77)106-97/h1-57H. The predicted octanol–water partition coefficient (Wildman–Crippen LogP) is 26.6. The summed E-state index contributed by atoms with van der Waals surface area (Å²) in [6, 6.07) is 125.